The monoisotopic (exact) mass is 430 g/mol. The molecule has 2 saturated carbocycles. The van der Waals surface area contributed by atoms with Crippen LogP contribution in [-0.4, -0.2) is 38.3 Å². The summed E-state index contributed by atoms with van der Waals surface area (Å²) >= 11 is 0. The predicted octanol–water partition coefficient (Wildman–Crippen LogP) is 3.52. The molecule has 3 aliphatic carbocycles. The van der Waals surface area contributed by atoms with Crippen molar-refractivity contribution in [1.29, 1.82) is 0 Å². The largest absolute Gasteiger partial charge is 0.356 e. The molecule has 4 aliphatic rings. The van der Waals surface area contributed by atoms with Gasteiger partial charge in [0.1, 0.15) is 0 Å². The Morgan fingerprint density at radius 2 is 1.83 bits per heavy atom. The molecule has 1 aromatic carbocycles. The first-order chi connectivity index (χ1) is 14.5. The smallest absolute Gasteiger partial charge is 0.243 e. The molecular formula is C24H34N2O3S. The lowest BCUT2D eigenvalue weighted by molar-refractivity contribution is -0.126. The van der Waals surface area contributed by atoms with E-state index in [1.165, 1.54) is 36.8 Å². The van der Waals surface area contributed by atoms with Crippen molar-refractivity contribution in [2.75, 3.05) is 19.6 Å². The van der Waals surface area contributed by atoms with Crippen molar-refractivity contribution in [3.8, 4) is 0 Å². The van der Waals surface area contributed by atoms with Gasteiger partial charge in [-0.1, -0.05) is 12.5 Å². The number of amides is 1. The summed E-state index contributed by atoms with van der Waals surface area (Å²) in [6.45, 7) is 1.65. The van der Waals surface area contributed by atoms with E-state index in [9.17, 15) is 13.2 Å². The first kappa shape index (κ1) is 20.5. The molecule has 30 heavy (non-hydrogen) atoms. The summed E-state index contributed by atoms with van der Waals surface area (Å²) in [6.07, 6.45) is 11.1. The standard InChI is InChI=1S/C24H34N2O3S/c27-24(25-11-8-22-15-17-4-5-21(22)14-17)19-9-12-26(13-10-19)30(28,29)23-7-6-18-2-1-3-20(18)16-23/h6-7,16-17,19,21-22H,1-5,8-15H2,(H,25,27). The van der Waals surface area contributed by atoms with Crippen LogP contribution in [0.5, 0.6) is 0 Å². The number of hydrogen-bond acceptors (Lipinski definition) is 3. The lowest BCUT2D eigenvalue weighted by atomic mass is 9.86. The summed E-state index contributed by atoms with van der Waals surface area (Å²) in [5.74, 6) is 2.72. The van der Waals surface area contributed by atoms with Crippen molar-refractivity contribution in [2.45, 2.75) is 69.1 Å². The fraction of sp³-hybridized carbons (Fsp3) is 0.708. The van der Waals surface area contributed by atoms with Crippen molar-refractivity contribution in [1.82, 2.24) is 9.62 Å². The van der Waals surface area contributed by atoms with Gasteiger partial charge in [0.15, 0.2) is 0 Å². The summed E-state index contributed by atoms with van der Waals surface area (Å²) in [6, 6.07) is 5.60. The van der Waals surface area contributed by atoms with Crippen LogP contribution in [0.25, 0.3) is 0 Å². The summed E-state index contributed by atoms with van der Waals surface area (Å²) in [5, 5.41) is 3.15. The summed E-state index contributed by atoms with van der Waals surface area (Å²) in [5.41, 5.74) is 2.47. The van der Waals surface area contributed by atoms with Crippen LogP contribution < -0.4 is 5.32 Å². The average Bonchev–Trinajstić information content (AvgIpc) is 3.50. The molecule has 164 valence electrons. The normalized spacial score (nSPS) is 29.3. The van der Waals surface area contributed by atoms with Crippen LogP contribution in [0, 0.1) is 23.7 Å². The van der Waals surface area contributed by atoms with Gasteiger partial charge in [0.05, 0.1) is 4.90 Å². The molecule has 2 bridgehead atoms. The molecule has 3 unspecified atom stereocenters. The van der Waals surface area contributed by atoms with E-state index in [1.54, 1.807) is 10.4 Å². The van der Waals surface area contributed by atoms with Crippen LogP contribution in [0.15, 0.2) is 23.1 Å². The molecular weight excluding hydrogens is 396 g/mol. The van der Waals surface area contributed by atoms with Gasteiger partial charge < -0.3 is 5.32 Å². The number of sulfonamides is 1. The molecule has 5 nitrogen and oxygen atoms in total. The molecule has 1 N–H and O–H groups in total. The Balaban J connectivity index is 1.11. The van der Waals surface area contributed by atoms with Crippen LogP contribution in [0.4, 0.5) is 0 Å². The van der Waals surface area contributed by atoms with E-state index in [1.807, 2.05) is 12.1 Å². The van der Waals surface area contributed by atoms with Crippen LogP contribution >= 0.6 is 0 Å². The van der Waals surface area contributed by atoms with E-state index in [4.69, 9.17) is 0 Å². The highest BCUT2D eigenvalue weighted by Gasteiger charge is 2.39. The van der Waals surface area contributed by atoms with Gasteiger partial charge in [0, 0.05) is 25.6 Å². The van der Waals surface area contributed by atoms with Crippen molar-refractivity contribution < 1.29 is 13.2 Å². The minimum Gasteiger partial charge on any atom is -0.356 e. The maximum atomic E-state index is 13.1. The highest BCUT2D eigenvalue weighted by molar-refractivity contribution is 7.89. The first-order valence-electron chi connectivity index (χ1n) is 11.9. The lowest BCUT2D eigenvalue weighted by Crippen LogP contribution is -2.43. The predicted molar refractivity (Wildman–Crippen MR) is 117 cm³/mol. The van der Waals surface area contributed by atoms with Crippen molar-refractivity contribution >= 4 is 15.9 Å². The Morgan fingerprint density at radius 1 is 1.03 bits per heavy atom. The number of nitrogens with one attached hydrogen (secondary N) is 1. The van der Waals surface area contributed by atoms with Crippen LogP contribution in [0.1, 0.15) is 62.5 Å². The second-order valence-electron chi connectivity index (χ2n) is 9.98. The Kier molecular flexibility index (Phi) is 5.65. The number of carbonyl (C=O) groups excluding carboxylic acids is 1. The van der Waals surface area contributed by atoms with E-state index in [2.05, 4.69) is 5.32 Å². The third-order valence-corrected chi connectivity index (χ3v) is 10.1. The molecule has 1 aromatic rings. The molecule has 1 aliphatic heterocycles. The number of fused-ring (bicyclic) bond motifs is 3. The molecule has 5 rings (SSSR count). The van der Waals surface area contributed by atoms with Crippen LogP contribution in [-0.2, 0) is 27.7 Å². The molecule has 0 aromatic heterocycles. The topological polar surface area (TPSA) is 66.5 Å². The second-order valence-corrected chi connectivity index (χ2v) is 11.9. The third kappa shape index (κ3) is 3.93. The van der Waals surface area contributed by atoms with Gasteiger partial charge in [0.25, 0.3) is 0 Å². The lowest BCUT2D eigenvalue weighted by Gasteiger charge is -2.31. The number of carbonyl (C=O) groups is 1. The van der Waals surface area contributed by atoms with Gasteiger partial charge in [-0.05, 0) is 98.8 Å². The van der Waals surface area contributed by atoms with Crippen LogP contribution in [0.2, 0.25) is 0 Å². The number of hydrogen-bond donors (Lipinski definition) is 1. The average molecular weight is 431 g/mol. The number of aryl methyl sites for hydroxylation is 2. The minimum atomic E-state index is -3.46. The zero-order valence-corrected chi connectivity index (χ0v) is 18.6. The van der Waals surface area contributed by atoms with E-state index in [0.29, 0.717) is 30.8 Å². The molecule has 0 spiro atoms. The summed E-state index contributed by atoms with van der Waals surface area (Å²) in [4.78, 5) is 13.0. The number of nitrogens with zero attached hydrogens (tertiary/aromatic N) is 1. The zero-order chi connectivity index (χ0) is 20.7. The van der Waals surface area contributed by atoms with E-state index >= 15 is 0 Å². The number of piperidine rings is 1. The Bertz CT molecular complexity index is 905. The minimum absolute atomic E-state index is 0.0588. The molecule has 3 atom stereocenters. The maximum absolute atomic E-state index is 13.1. The number of benzene rings is 1. The van der Waals surface area contributed by atoms with Gasteiger partial charge in [-0.25, -0.2) is 8.42 Å². The van der Waals surface area contributed by atoms with Crippen molar-refractivity contribution in [3.05, 3.63) is 29.3 Å². The molecule has 3 fully saturated rings. The number of rotatable bonds is 6. The first-order valence-corrected chi connectivity index (χ1v) is 13.3. The molecule has 6 heteroatoms. The SMILES string of the molecule is O=C(NCCC1CC2CCC1C2)C1CCN(S(=O)(=O)c2ccc3c(c2)CCC3)CC1. The highest BCUT2D eigenvalue weighted by atomic mass is 32.2. The molecule has 1 heterocycles. The Hall–Kier alpha value is -1.40. The third-order valence-electron chi connectivity index (χ3n) is 8.23. The van der Waals surface area contributed by atoms with E-state index in [-0.39, 0.29) is 11.8 Å². The quantitative estimate of drug-likeness (QED) is 0.751. The Labute approximate surface area is 180 Å². The fourth-order valence-corrected chi connectivity index (χ4v) is 7.99. The van der Waals surface area contributed by atoms with Gasteiger partial charge >= 0.3 is 0 Å². The van der Waals surface area contributed by atoms with Crippen LogP contribution in [0.3, 0.4) is 0 Å². The van der Waals surface area contributed by atoms with Crippen molar-refractivity contribution in [2.24, 2.45) is 23.7 Å². The molecule has 1 amide bonds. The van der Waals surface area contributed by atoms with Gasteiger partial charge in [0.2, 0.25) is 15.9 Å². The maximum Gasteiger partial charge on any atom is 0.243 e. The zero-order valence-electron chi connectivity index (χ0n) is 17.8. The molecule has 0 radical (unpaired) electrons. The van der Waals surface area contributed by atoms with E-state index < -0.39 is 10.0 Å². The van der Waals surface area contributed by atoms with Crippen molar-refractivity contribution in [3.63, 3.8) is 0 Å². The van der Waals surface area contributed by atoms with Gasteiger partial charge in [-0.2, -0.15) is 4.31 Å². The van der Waals surface area contributed by atoms with Gasteiger partial charge in [-0.15, -0.1) is 0 Å². The van der Waals surface area contributed by atoms with E-state index in [0.717, 1.165) is 50.0 Å². The fourth-order valence-electron chi connectivity index (χ4n) is 6.47. The summed E-state index contributed by atoms with van der Waals surface area (Å²) < 4.78 is 27.7. The summed E-state index contributed by atoms with van der Waals surface area (Å²) in [7, 11) is -3.46. The highest BCUT2D eigenvalue weighted by Crippen LogP contribution is 2.49. The van der Waals surface area contributed by atoms with Gasteiger partial charge in [-0.3, -0.25) is 4.79 Å². The second kappa shape index (κ2) is 8.27. The molecule has 1 saturated heterocycles. The Morgan fingerprint density at radius 3 is 2.57 bits per heavy atom.